The Kier molecular flexibility index (Phi) is 6.10. The number of aryl methyl sites for hydroxylation is 1. The van der Waals surface area contributed by atoms with Crippen molar-refractivity contribution in [3.05, 3.63) is 75.8 Å². The van der Waals surface area contributed by atoms with E-state index in [9.17, 15) is 4.79 Å². The molecule has 8 heteroatoms. The van der Waals surface area contributed by atoms with Gasteiger partial charge in [-0.1, -0.05) is 29.8 Å². The number of hydrogen-bond acceptors (Lipinski definition) is 5. The van der Waals surface area contributed by atoms with Crippen molar-refractivity contribution < 1.29 is 9.53 Å². The van der Waals surface area contributed by atoms with Crippen molar-refractivity contribution in [3.63, 3.8) is 0 Å². The number of para-hydroxylation sites is 1. The maximum Gasteiger partial charge on any atom is 0.264 e. The van der Waals surface area contributed by atoms with Crippen LogP contribution in [-0.4, -0.2) is 58.8 Å². The number of amides is 1. The summed E-state index contributed by atoms with van der Waals surface area (Å²) in [5, 5.41) is 6.42. The number of hydrogen-bond donors (Lipinski definition) is 0. The van der Waals surface area contributed by atoms with Crippen molar-refractivity contribution >= 4 is 39.1 Å². The SMILES string of the molecule is COc1ccc(Cl)cc1CN1CCN(C(=O)c2cc3c(C)nn(-c4ccccc4)c3s2)CC1. The van der Waals surface area contributed by atoms with Crippen LogP contribution in [0.15, 0.2) is 54.6 Å². The van der Waals surface area contributed by atoms with Crippen LogP contribution in [0.4, 0.5) is 0 Å². The van der Waals surface area contributed by atoms with E-state index in [2.05, 4.69) is 10.00 Å². The minimum absolute atomic E-state index is 0.0928. The third kappa shape index (κ3) is 4.36. The van der Waals surface area contributed by atoms with Crippen LogP contribution in [0, 0.1) is 6.92 Å². The van der Waals surface area contributed by atoms with E-state index in [4.69, 9.17) is 16.3 Å². The van der Waals surface area contributed by atoms with Crippen LogP contribution < -0.4 is 4.74 Å². The fraction of sp³-hybridized carbons (Fsp3) is 0.280. The van der Waals surface area contributed by atoms with Gasteiger partial charge in [-0.05, 0) is 43.3 Å². The van der Waals surface area contributed by atoms with Crippen LogP contribution in [-0.2, 0) is 6.54 Å². The average molecular weight is 481 g/mol. The Morgan fingerprint density at radius 3 is 2.58 bits per heavy atom. The summed E-state index contributed by atoms with van der Waals surface area (Å²) in [7, 11) is 1.67. The lowest BCUT2D eigenvalue weighted by Gasteiger charge is -2.34. The molecule has 1 fully saturated rings. The molecule has 0 atom stereocenters. The fourth-order valence-corrected chi connectivity index (χ4v) is 5.62. The normalized spacial score (nSPS) is 14.7. The maximum absolute atomic E-state index is 13.3. The minimum Gasteiger partial charge on any atom is -0.496 e. The van der Waals surface area contributed by atoms with E-state index in [1.807, 2.05) is 71.1 Å². The number of thiophene rings is 1. The second kappa shape index (κ2) is 9.17. The zero-order valence-corrected chi connectivity index (χ0v) is 20.2. The van der Waals surface area contributed by atoms with E-state index in [1.54, 1.807) is 7.11 Å². The van der Waals surface area contributed by atoms with E-state index < -0.39 is 0 Å². The van der Waals surface area contributed by atoms with Crippen molar-refractivity contribution in [2.24, 2.45) is 0 Å². The van der Waals surface area contributed by atoms with Gasteiger partial charge >= 0.3 is 0 Å². The molecule has 2 aromatic heterocycles. The van der Waals surface area contributed by atoms with Crippen molar-refractivity contribution in [2.45, 2.75) is 13.5 Å². The Morgan fingerprint density at radius 2 is 1.85 bits per heavy atom. The summed E-state index contributed by atoms with van der Waals surface area (Å²) >= 11 is 7.69. The predicted octanol–water partition coefficient (Wildman–Crippen LogP) is 5.02. The number of rotatable bonds is 5. The lowest BCUT2D eigenvalue weighted by atomic mass is 10.1. The van der Waals surface area contributed by atoms with Crippen molar-refractivity contribution in [2.75, 3.05) is 33.3 Å². The Hall–Kier alpha value is -2.87. The summed E-state index contributed by atoms with van der Waals surface area (Å²) in [4.78, 5) is 19.3. The van der Waals surface area contributed by atoms with E-state index in [0.29, 0.717) is 18.1 Å². The van der Waals surface area contributed by atoms with E-state index >= 15 is 0 Å². The molecule has 1 aliphatic heterocycles. The van der Waals surface area contributed by atoms with Gasteiger partial charge < -0.3 is 9.64 Å². The Balaban J connectivity index is 1.29. The minimum atomic E-state index is 0.0928. The van der Waals surface area contributed by atoms with Crippen molar-refractivity contribution in [1.82, 2.24) is 19.6 Å². The summed E-state index contributed by atoms with van der Waals surface area (Å²) in [6.07, 6.45) is 0. The van der Waals surface area contributed by atoms with Gasteiger partial charge in [-0.15, -0.1) is 11.3 Å². The van der Waals surface area contributed by atoms with Gasteiger partial charge in [-0.3, -0.25) is 9.69 Å². The first-order valence-electron chi connectivity index (χ1n) is 10.9. The molecule has 0 radical (unpaired) electrons. The molecule has 1 saturated heterocycles. The molecule has 4 aromatic rings. The summed E-state index contributed by atoms with van der Waals surface area (Å²) in [6.45, 7) is 5.75. The Bertz CT molecular complexity index is 1290. The van der Waals surface area contributed by atoms with Gasteiger partial charge in [0.05, 0.1) is 23.4 Å². The first-order chi connectivity index (χ1) is 16.0. The standard InChI is InChI=1S/C25H25ClN4O2S/c1-17-21-15-23(33-25(21)30(27-17)20-6-4-3-5-7-20)24(31)29-12-10-28(11-13-29)16-18-14-19(26)8-9-22(18)32-2/h3-9,14-15H,10-13,16H2,1-2H3. The van der Waals surface area contributed by atoms with Crippen molar-refractivity contribution in [1.29, 1.82) is 0 Å². The molecule has 5 rings (SSSR count). The van der Waals surface area contributed by atoms with Gasteiger partial charge in [0.2, 0.25) is 0 Å². The molecule has 3 heterocycles. The first kappa shape index (κ1) is 21.9. The number of ether oxygens (including phenoxy) is 1. The molecular formula is C25H25ClN4O2S. The first-order valence-corrected chi connectivity index (χ1v) is 12.1. The number of nitrogens with zero attached hydrogens (tertiary/aromatic N) is 4. The van der Waals surface area contributed by atoms with Gasteiger partial charge in [0.15, 0.2) is 0 Å². The van der Waals surface area contributed by atoms with Gasteiger partial charge in [-0.25, -0.2) is 4.68 Å². The number of fused-ring (bicyclic) bond motifs is 1. The topological polar surface area (TPSA) is 50.6 Å². The molecule has 0 N–H and O–H groups in total. The molecule has 1 aliphatic rings. The Labute approximate surface area is 201 Å². The maximum atomic E-state index is 13.3. The van der Waals surface area contributed by atoms with Crippen LogP contribution in [0.5, 0.6) is 5.75 Å². The number of methoxy groups -OCH3 is 1. The van der Waals surface area contributed by atoms with E-state index in [1.165, 1.54) is 11.3 Å². The fourth-order valence-electron chi connectivity index (χ4n) is 4.27. The third-order valence-electron chi connectivity index (χ3n) is 6.05. The third-order valence-corrected chi connectivity index (χ3v) is 7.39. The van der Waals surface area contributed by atoms with Crippen LogP contribution in [0.25, 0.3) is 15.9 Å². The number of carbonyl (C=O) groups excluding carboxylic acids is 1. The molecule has 2 aromatic carbocycles. The van der Waals surface area contributed by atoms with Gasteiger partial charge in [-0.2, -0.15) is 5.10 Å². The highest BCUT2D eigenvalue weighted by Gasteiger charge is 2.25. The summed E-state index contributed by atoms with van der Waals surface area (Å²) in [6, 6.07) is 17.7. The molecule has 170 valence electrons. The van der Waals surface area contributed by atoms with Gasteiger partial charge in [0, 0.05) is 48.7 Å². The van der Waals surface area contributed by atoms with Crippen LogP contribution >= 0.6 is 22.9 Å². The van der Waals surface area contributed by atoms with Crippen molar-refractivity contribution in [3.8, 4) is 11.4 Å². The molecule has 0 spiro atoms. The number of benzene rings is 2. The highest BCUT2D eigenvalue weighted by Crippen LogP contribution is 2.31. The number of halogens is 1. The zero-order valence-electron chi connectivity index (χ0n) is 18.6. The summed E-state index contributed by atoms with van der Waals surface area (Å²) < 4.78 is 7.41. The molecule has 0 aliphatic carbocycles. The van der Waals surface area contributed by atoms with Crippen LogP contribution in [0.2, 0.25) is 5.02 Å². The second-order valence-corrected chi connectivity index (χ2v) is 9.65. The molecule has 1 amide bonds. The summed E-state index contributed by atoms with van der Waals surface area (Å²) in [5.74, 6) is 0.932. The van der Waals surface area contributed by atoms with Gasteiger partial charge in [0.25, 0.3) is 5.91 Å². The summed E-state index contributed by atoms with van der Waals surface area (Å²) in [5.41, 5.74) is 3.00. The smallest absolute Gasteiger partial charge is 0.264 e. The molecular weight excluding hydrogens is 456 g/mol. The molecule has 0 bridgehead atoms. The lowest BCUT2D eigenvalue weighted by Crippen LogP contribution is -2.48. The number of carbonyl (C=O) groups is 1. The predicted molar refractivity (Wildman–Crippen MR) is 133 cm³/mol. The van der Waals surface area contributed by atoms with Gasteiger partial charge in [0.1, 0.15) is 10.6 Å². The highest BCUT2D eigenvalue weighted by atomic mass is 35.5. The molecule has 6 nitrogen and oxygen atoms in total. The Morgan fingerprint density at radius 1 is 1.09 bits per heavy atom. The highest BCUT2D eigenvalue weighted by molar-refractivity contribution is 7.20. The second-order valence-electron chi connectivity index (χ2n) is 8.19. The monoisotopic (exact) mass is 480 g/mol. The molecule has 0 unspecified atom stereocenters. The number of piperazine rings is 1. The van der Waals surface area contributed by atoms with E-state index in [0.717, 1.165) is 57.4 Å². The van der Waals surface area contributed by atoms with Crippen LogP contribution in [0.1, 0.15) is 20.9 Å². The largest absolute Gasteiger partial charge is 0.496 e. The van der Waals surface area contributed by atoms with E-state index in [-0.39, 0.29) is 5.91 Å². The quantitative estimate of drug-likeness (QED) is 0.402. The number of aromatic nitrogens is 2. The average Bonchev–Trinajstić information content (AvgIpc) is 3.40. The molecule has 33 heavy (non-hydrogen) atoms. The zero-order chi connectivity index (χ0) is 22.9. The molecule has 0 saturated carbocycles. The lowest BCUT2D eigenvalue weighted by molar-refractivity contribution is 0.0632. The van der Waals surface area contributed by atoms with Crippen LogP contribution in [0.3, 0.4) is 0 Å².